The third-order valence-electron chi connectivity index (χ3n) is 2.36. The van der Waals surface area contributed by atoms with E-state index in [1.807, 2.05) is 6.92 Å². The van der Waals surface area contributed by atoms with Crippen LogP contribution in [0.5, 0.6) is 0 Å². The lowest BCUT2D eigenvalue weighted by Gasteiger charge is -2.08. The fourth-order valence-corrected chi connectivity index (χ4v) is 1.54. The highest BCUT2D eigenvalue weighted by Crippen LogP contribution is 2.10. The van der Waals surface area contributed by atoms with Crippen molar-refractivity contribution >= 4 is 5.91 Å². The van der Waals surface area contributed by atoms with Crippen LogP contribution in [0.2, 0.25) is 0 Å². The van der Waals surface area contributed by atoms with Crippen molar-refractivity contribution in [3.63, 3.8) is 0 Å². The first-order valence-electron chi connectivity index (χ1n) is 5.38. The molecule has 0 aromatic rings. The van der Waals surface area contributed by atoms with Crippen molar-refractivity contribution in [1.82, 2.24) is 10.6 Å². The summed E-state index contributed by atoms with van der Waals surface area (Å²) < 4.78 is 5.25. The van der Waals surface area contributed by atoms with Crippen LogP contribution in [0.25, 0.3) is 0 Å². The summed E-state index contributed by atoms with van der Waals surface area (Å²) in [6.45, 7) is 6.15. The Hall–Kier alpha value is -0.610. The van der Waals surface area contributed by atoms with Crippen LogP contribution >= 0.6 is 0 Å². The van der Waals surface area contributed by atoms with Gasteiger partial charge in [-0.15, -0.1) is 0 Å². The number of rotatable bonds is 6. The first kappa shape index (κ1) is 11.5. The maximum atomic E-state index is 11.1. The molecule has 0 bridgehead atoms. The molecule has 14 heavy (non-hydrogen) atoms. The minimum atomic E-state index is 0.127. The number of carbonyl (C=O) groups is 1. The Kier molecular flexibility index (Phi) is 5.56. The molecular formula is C10H20N2O2. The fourth-order valence-electron chi connectivity index (χ4n) is 1.54. The molecular weight excluding hydrogens is 180 g/mol. The van der Waals surface area contributed by atoms with E-state index < -0.39 is 0 Å². The molecule has 82 valence electrons. The quantitative estimate of drug-likeness (QED) is 0.600. The molecule has 1 fully saturated rings. The summed E-state index contributed by atoms with van der Waals surface area (Å²) in [7, 11) is 0. The Morgan fingerprint density at radius 3 is 3.07 bits per heavy atom. The second kappa shape index (κ2) is 6.79. The summed E-state index contributed by atoms with van der Waals surface area (Å²) in [6, 6.07) is 0. The highest BCUT2D eigenvalue weighted by atomic mass is 16.5. The predicted molar refractivity (Wildman–Crippen MR) is 55.1 cm³/mol. The van der Waals surface area contributed by atoms with E-state index in [1.165, 1.54) is 0 Å². The standard InChI is InChI=1S/C10H20N2O2/c1-2-12-10(13)3-5-11-7-9-4-6-14-8-9/h9,11H,2-8H2,1H3,(H,12,13). The Morgan fingerprint density at radius 2 is 2.43 bits per heavy atom. The number of ether oxygens (including phenoxy) is 1. The Bertz CT molecular complexity index is 168. The van der Waals surface area contributed by atoms with Crippen molar-refractivity contribution in [2.45, 2.75) is 19.8 Å². The molecule has 0 saturated carbocycles. The van der Waals surface area contributed by atoms with Gasteiger partial charge in [-0.2, -0.15) is 0 Å². The molecule has 0 aromatic heterocycles. The van der Waals surface area contributed by atoms with Crippen molar-refractivity contribution in [1.29, 1.82) is 0 Å². The first-order valence-corrected chi connectivity index (χ1v) is 5.38. The molecule has 0 radical (unpaired) electrons. The molecule has 4 heteroatoms. The van der Waals surface area contributed by atoms with Gasteiger partial charge in [-0.25, -0.2) is 0 Å². The van der Waals surface area contributed by atoms with Crippen LogP contribution in [-0.4, -0.2) is 38.8 Å². The third kappa shape index (κ3) is 4.58. The van der Waals surface area contributed by atoms with Gasteiger partial charge >= 0.3 is 0 Å². The molecule has 0 aliphatic carbocycles. The normalized spacial score (nSPS) is 21.1. The second-order valence-corrected chi connectivity index (χ2v) is 3.64. The van der Waals surface area contributed by atoms with Gasteiger partial charge in [0.1, 0.15) is 0 Å². The number of nitrogens with one attached hydrogen (secondary N) is 2. The molecule has 0 spiro atoms. The van der Waals surface area contributed by atoms with Crippen molar-refractivity contribution in [3.8, 4) is 0 Å². The van der Waals surface area contributed by atoms with Gasteiger partial charge in [0.15, 0.2) is 0 Å². The van der Waals surface area contributed by atoms with Crippen molar-refractivity contribution < 1.29 is 9.53 Å². The van der Waals surface area contributed by atoms with Gasteiger partial charge in [-0.3, -0.25) is 4.79 Å². The monoisotopic (exact) mass is 200 g/mol. The van der Waals surface area contributed by atoms with E-state index in [4.69, 9.17) is 4.74 Å². The van der Waals surface area contributed by atoms with Crippen LogP contribution in [0.1, 0.15) is 19.8 Å². The van der Waals surface area contributed by atoms with Crippen molar-refractivity contribution in [2.24, 2.45) is 5.92 Å². The minimum absolute atomic E-state index is 0.127. The van der Waals surface area contributed by atoms with Crippen LogP contribution in [0.4, 0.5) is 0 Å². The highest BCUT2D eigenvalue weighted by Gasteiger charge is 2.14. The fraction of sp³-hybridized carbons (Fsp3) is 0.900. The summed E-state index contributed by atoms with van der Waals surface area (Å²) in [5, 5.41) is 6.05. The number of hydrogen-bond donors (Lipinski definition) is 2. The maximum Gasteiger partial charge on any atom is 0.221 e. The van der Waals surface area contributed by atoms with Gasteiger partial charge in [0.05, 0.1) is 6.61 Å². The van der Waals surface area contributed by atoms with E-state index in [1.54, 1.807) is 0 Å². The summed E-state index contributed by atoms with van der Waals surface area (Å²) in [5.41, 5.74) is 0. The molecule has 2 N–H and O–H groups in total. The highest BCUT2D eigenvalue weighted by molar-refractivity contribution is 5.75. The summed E-state index contributed by atoms with van der Waals surface area (Å²) >= 11 is 0. The molecule has 1 amide bonds. The van der Waals surface area contributed by atoms with Gasteiger partial charge in [0.2, 0.25) is 5.91 Å². The zero-order chi connectivity index (χ0) is 10.2. The van der Waals surface area contributed by atoms with Crippen molar-refractivity contribution in [3.05, 3.63) is 0 Å². The minimum Gasteiger partial charge on any atom is -0.381 e. The van der Waals surface area contributed by atoms with Gasteiger partial charge in [0.25, 0.3) is 0 Å². The Labute approximate surface area is 85.4 Å². The van der Waals surface area contributed by atoms with E-state index in [-0.39, 0.29) is 5.91 Å². The van der Waals surface area contributed by atoms with E-state index >= 15 is 0 Å². The first-order chi connectivity index (χ1) is 6.83. The van der Waals surface area contributed by atoms with Crippen LogP contribution < -0.4 is 10.6 Å². The van der Waals surface area contributed by atoms with E-state index in [2.05, 4.69) is 10.6 Å². The molecule has 1 aliphatic rings. The lowest BCUT2D eigenvalue weighted by molar-refractivity contribution is -0.120. The third-order valence-corrected chi connectivity index (χ3v) is 2.36. The number of carbonyl (C=O) groups excluding carboxylic acids is 1. The second-order valence-electron chi connectivity index (χ2n) is 3.64. The average molecular weight is 200 g/mol. The Morgan fingerprint density at radius 1 is 1.57 bits per heavy atom. The van der Waals surface area contributed by atoms with Gasteiger partial charge in [-0.1, -0.05) is 0 Å². The lowest BCUT2D eigenvalue weighted by atomic mass is 10.1. The van der Waals surface area contributed by atoms with Crippen LogP contribution in [0.3, 0.4) is 0 Å². The van der Waals surface area contributed by atoms with Gasteiger partial charge in [-0.05, 0) is 19.3 Å². The maximum absolute atomic E-state index is 11.1. The van der Waals surface area contributed by atoms with Crippen LogP contribution in [0.15, 0.2) is 0 Å². The van der Waals surface area contributed by atoms with Gasteiger partial charge in [0, 0.05) is 32.7 Å². The molecule has 1 heterocycles. The summed E-state index contributed by atoms with van der Waals surface area (Å²) in [6.07, 6.45) is 1.72. The average Bonchev–Trinajstić information content (AvgIpc) is 2.65. The topological polar surface area (TPSA) is 50.4 Å². The number of hydrogen-bond acceptors (Lipinski definition) is 3. The smallest absolute Gasteiger partial charge is 0.221 e. The van der Waals surface area contributed by atoms with Crippen LogP contribution in [-0.2, 0) is 9.53 Å². The summed E-state index contributed by atoms with van der Waals surface area (Å²) in [5.74, 6) is 0.770. The number of amides is 1. The zero-order valence-electron chi connectivity index (χ0n) is 8.84. The largest absolute Gasteiger partial charge is 0.381 e. The Balaban J connectivity index is 1.90. The zero-order valence-corrected chi connectivity index (χ0v) is 8.84. The molecule has 0 aromatic carbocycles. The molecule has 1 atom stereocenters. The van der Waals surface area contributed by atoms with Crippen LogP contribution in [0, 0.1) is 5.92 Å². The van der Waals surface area contributed by atoms with E-state index in [0.717, 1.165) is 39.3 Å². The molecule has 4 nitrogen and oxygen atoms in total. The van der Waals surface area contributed by atoms with E-state index in [0.29, 0.717) is 12.3 Å². The predicted octanol–water partition coefficient (Wildman–Crippen LogP) is 0.139. The van der Waals surface area contributed by atoms with Crippen molar-refractivity contribution in [2.75, 3.05) is 32.8 Å². The molecule has 1 saturated heterocycles. The lowest BCUT2D eigenvalue weighted by Crippen LogP contribution is -2.29. The molecule has 1 rings (SSSR count). The summed E-state index contributed by atoms with van der Waals surface area (Å²) in [4.78, 5) is 11.1. The van der Waals surface area contributed by atoms with Gasteiger partial charge < -0.3 is 15.4 Å². The van der Waals surface area contributed by atoms with E-state index in [9.17, 15) is 4.79 Å². The molecule has 1 unspecified atom stereocenters. The molecule has 1 aliphatic heterocycles. The SMILES string of the molecule is CCNC(=O)CCNCC1CCOC1.